The van der Waals surface area contributed by atoms with Gasteiger partial charge in [0.25, 0.3) is 0 Å². The maximum Gasteiger partial charge on any atom is 0.137 e. The van der Waals surface area contributed by atoms with Crippen molar-refractivity contribution in [3.8, 4) is 0 Å². The third-order valence-electron chi connectivity index (χ3n) is 2.67. The molecule has 0 saturated heterocycles. The molecule has 14 heavy (non-hydrogen) atoms. The molecule has 0 aliphatic rings. The van der Waals surface area contributed by atoms with Gasteiger partial charge in [0, 0.05) is 19.0 Å². The summed E-state index contributed by atoms with van der Waals surface area (Å²) in [5, 5.41) is 8.31. The van der Waals surface area contributed by atoms with Gasteiger partial charge in [-0.3, -0.25) is 0 Å². The molecule has 2 N–H and O–H groups in total. The Morgan fingerprint density at radius 3 is 2.43 bits per heavy atom. The number of hydrogen-bond donors (Lipinski definition) is 1. The predicted octanol–water partition coefficient (Wildman–Crippen LogP) is 1.30. The fourth-order valence-electron chi connectivity index (χ4n) is 1.74. The first kappa shape index (κ1) is 11.2. The Morgan fingerprint density at radius 1 is 1.36 bits per heavy atom. The molecule has 0 radical (unpaired) electrons. The predicted molar refractivity (Wildman–Crippen MR) is 57.1 cm³/mol. The zero-order valence-corrected chi connectivity index (χ0v) is 9.49. The van der Waals surface area contributed by atoms with Gasteiger partial charge in [-0.05, 0) is 19.8 Å². The van der Waals surface area contributed by atoms with Crippen LogP contribution >= 0.6 is 0 Å². The van der Waals surface area contributed by atoms with Crippen molar-refractivity contribution in [1.29, 1.82) is 0 Å². The Labute approximate surface area is 85.5 Å². The molecular weight excluding hydrogens is 176 g/mol. The molecule has 0 saturated carbocycles. The van der Waals surface area contributed by atoms with E-state index in [0.717, 1.165) is 18.2 Å². The topological polar surface area (TPSA) is 56.7 Å². The van der Waals surface area contributed by atoms with Crippen LogP contribution in [-0.4, -0.2) is 21.3 Å². The van der Waals surface area contributed by atoms with Gasteiger partial charge in [-0.2, -0.15) is 0 Å². The van der Waals surface area contributed by atoms with E-state index in [0.29, 0.717) is 18.4 Å². The van der Waals surface area contributed by atoms with Gasteiger partial charge in [0.1, 0.15) is 11.6 Å². The Bertz CT molecular complexity index is 290. The molecule has 0 aromatic carbocycles. The van der Waals surface area contributed by atoms with Crippen LogP contribution in [0.25, 0.3) is 0 Å². The largest absolute Gasteiger partial charge is 0.330 e. The van der Waals surface area contributed by atoms with E-state index >= 15 is 0 Å². The minimum atomic E-state index is 0.316. The second-order valence-electron chi connectivity index (χ2n) is 3.94. The summed E-state index contributed by atoms with van der Waals surface area (Å²) in [6.07, 6.45) is 0. The van der Waals surface area contributed by atoms with Gasteiger partial charge in [0.05, 0.1) is 0 Å². The summed E-state index contributed by atoms with van der Waals surface area (Å²) < 4.78 is 2.14. The molecule has 0 aliphatic carbocycles. The molecule has 4 nitrogen and oxygen atoms in total. The molecule has 1 unspecified atom stereocenters. The standard InChI is InChI=1S/C10H20N4/c1-5-14-8(4)12-13-10(14)9(6-11)7(2)3/h7,9H,5-6,11H2,1-4H3. The molecule has 1 aromatic rings. The quantitative estimate of drug-likeness (QED) is 0.789. The summed E-state index contributed by atoms with van der Waals surface area (Å²) >= 11 is 0. The van der Waals surface area contributed by atoms with Crippen LogP contribution < -0.4 is 5.73 Å². The number of aromatic nitrogens is 3. The molecule has 1 heterocycles. The van der Waals surface area contributed by atoms with Crippen LogP contribution in [0, 0.1) is 12.8 Å². The smallest absolute Gasteiger partial charge is 0.137 e. The third-order valence-corrected chi connectivity index (χ3v) is 2.67. The Hall–Kier alpha value is -0.900. The first-order valence-electron chi connectivity index (χ1n) is 5.21. The molecular formula is C10H20N4. The van der Waals surface area contributed by atoms with Crippen molar-refractivity contribution >= 4 is 0 Å². The van der Waals surface area contributed by atoms with Crippen LogP contribution in [0.1, 0.15) is 38.3 Å². The highest BCUT2D eigenvalue weighted by atomic mass is 15.3. The van der Waals surface area contributed by atoms with E-state index < -0.39 is 0 Å². The van der Waals surface area contributed by atoms with Crippen molar-refractivity contribution in [2.45, 2.75) is 40.2 Å². The highest BCUT2D eigenvalue weighted by molar-refractivity contribution is 5.02. The highest BCUT2D eigenvalue weighted by Crippen LogP contribution is 2.21. The van der Waals surface area contributed by atoms with E-state index in [2.05, 4.69) is 35.5 Å². The fourth-order valence-corrected chi connectivity index (χ4v) is 1.74. The lowest BCUT2D eigenvalue weighted by Gasteiger charge is -2.18. The van der Waals surface area contributed by atoms with Crippen molar-refractivity contribution < 1.29 is 0 Å². The average Bonchev–Trinajstić information content (AvgIpc) is 2.48. The van der Waals surface area contributed by atoms with Crippen molar-refractivity contribution in [2.24, 2.45) is 11.7 Å². The summed E-state index contributed by atoms with van der Waals surface area (Å²) in [6.45, 7) is 9.97. The van der Waals surface area contributed by atoms with E-state index in [1.165, 1.54) is 0 Å². The van der Waals surface area contributed by atoms with Crippen molar-refractivity contribution in [2.75, 3.05) is 6.54 Å². The molecule has 0 aliphatic heterocycles. The van der Waals surface area contributed by atoms with Gasteiger partial charge in [0.2, 0.25) is 0 Å². The first-order chi connectivity index (χ1) is 6.61. The van der Waals surface area contributed by atoms with Gasteiger partial charge in [-0.25, -0.2) is 0 Å². The molecule has 0 fully saturated rings. The summed E-state index contributed by atoms with van der Waals surface area (Å²) in [4.78, 5) is 0. The first-order valence-corrected chi connectivity index (χ1v) is 5.21. The van der Waals surface area contributed by atoms with Gasteiger partial charge in [0.15, 0.2) is 0 Å². The van der Waals surface area contributed by atoms with E-state index in [1.54, 1.807) is 0 Å². The molecule has 1 rings (SSSR count). The molecule has 0 amide bonds. The van der Waals surface area contributed by atoms with Crippen LogP contribution in [-0.2, 0) is 6.54 Å². The fraction of sp³-hybridized carbons (Fsp3) is 0.800. The Balaban J connectivity index is 3.03. The van der Waals surface area contributed by atoms with Gasteiger partial charge in [-0.15, -0.1) is 10.2 Å². The van der Waals surface area contributed by atoms with Crippen LogP contribution in [0.5, 0.6) is 0 Å². The van der Waals surface area contributed by atoms with E-state index in [4.69, 9.17) is 5.73 Å². The summed E-state index contributed by atoms with van der Waals surface area (Å²) in [5.74, 6) is 2.83. The lowest BCUT2D eigenvalue weighted by molar-refractivity contribution is 0.461. The van der Waals surface area contributed by atoms with Crippen LogP contribution in [0.3, 0.4) is 0 Å². The molecule has 1 aromatic heterocycles. The number of nitrogens with zero attached hydrogens (tertiary/aromatic N) is 3. The second-order valence-corrected chi connectivity index (χ2v) is 3.94. The number of hydrogen-bond acceptors (Lipinski definition) is 3. The maximum atomic E-state index is 5.76. The zero-order chi connectivity index (χ0) is 10.7. The van der Waals surface area contributed by atoms with Crippen molar-refractivity contribution in [3.63, 3.8) is 0 Å². The average molecular weight is 196 g/mol. The minimum absolute atomic E-state index is 0.316. The van der Waals surface area contributed by atoms with Crippen molar-refractivity contribution in [1.82, 2.24) is 14.8 Å². The zero-order valence-electron chi connectivity index (χ0n) is 9.49. The number of rotatable bonds is 4. The Morgan fingerprint density at radius 2 is 2.00 bits per heavy atom. The lowest BCUT2D eigenvalue weighted by Crippen LogP contribution is -2.22. The Kier molecular flexibility index (Phi) is 3.63. The van der Waals surface area contributed by atoms with Gasteiger partial charge in [-0.1, -0.05) is 13.8 Å². The van der Waals surface area contributed by atoms with Crippen LogP contribution in [0.15, 0.2) is 0 Å². The van der Waals surface area contributed by atoms with Crippen LogP contribution in [0.4, 0.5) is 0 Å². The molecule has 0 spiro atoms. The summed E-state index contributed by atoms with van der Waals surface area (Å²) in [6, 6.07) is 0. The third kappa shape index (κ3) is 1.95. The number of nitrogens with two attached hydrogens (primary N) is 1. The van der Waals surface area contributed by atoms with E-state index in [-0.39, 0.29) is 0 Å². The molecule has 1 atom stereocenters. The highest BCUT2D eigenvalue weighted by Gasteiger charge is 2.20. The van der Waals surface area contributed by atoms with Crippen molar-refractivity contribution in [3.05, 3.63) is 11.6 Å². The van der Waals surface area contributed by atoms with E-state index in [1.807, 2.05) is 6.92 Å². The monoisotopic (exact) mass is 196 g/mol. The molecule has 4 heteroatoms. The summed E-state index contributed by atoms with van der Waals surface area (Å²) in [7, 11) is 0. The van der Waals surface area contributed by atoms with E-state index in [9.17, 15) is 0 Å². The lowest BCUT2D eigenvalue weighted by atomic mass is 9.95. The summed E-state index contributed by atoms with van der Waals surface area (Å²) in [5.41, 5.74) is 5.76. The van der Waals surface area contributed by atoms with Gasteiger partial charge >= 0.3 is 0 Å². The minimum Gasteiger partial charge on any atom is -0.330 e. The van der Waals surface area contributed by atoms with Gasteiger partial charge < -0.3 is 10.3 Å². The molecule has 80 valence electrons. The normalized spacial score (nSPS) is 13.6. The SMILES string of the molecule is CCn1c(C)nnc1C(CN)C(C)C. The second kappa shape index (κ2) is 4.55. The maximum absolute atomic E-state index is 5.76. The number of aryl methyl sites for hydroxylation is 1. The molecule has 0 bridgehead atoms. The van der Waals surface area contributed by atoms with Crippen LogP contribution in [0.2, 0.25) is 0 Å².